The van der Waals surface area contributed by atoms with Gasteiger partial charge in [0.1, 0.15) is 6.04 Å². The predicted molar refractivity (Wildman–Crippen MR) is 105 cm³/mol. The molecular formula is C20H24N2O4S. The number of hydrogen-bond acceptors (Lipinski definition) is 4. The number of carbonyl (C=O) groups is 2. The van der Waals surface area contributed by atoms with Crippen molar-refractivity contribution >= 4 is 27.3 Å². The summed E-state index contributed by atoms with van der Waals surface area (Å²) in [6.07, 6.45) is 1.10. The van der Waals surface area contributed by atoms with E-state index in [0.717, 1.165) is 11.8 Å². The molecule has 144 valence electrons. The minimum Gasteiger partial charge on any atom is -0.340 e. The lowest BCUT2D eigenvalue weighted by Crippen LogP contribution is -2.47. The molecule has 0 heterocycles. The normalized spacial score (nSPS) is 12.5. The van der Waals surface area contributed by atoms with E-state index >= 15 is 0 Å². The highest BCUT2D eigenvalue weighted by Gasteiger charge is 2.25. The Balaban J connectivity index is 2.15. The smallest absolute Gasteiger partial charge is 0.251 e. The molecule has 2 rings (SSSR count). The lowest BCUT2D eigenvalue weighted by atomic mass is 10.0. The minimum atomic E-state index is -3.38. The van der Waals surface area contributed by atoms with Crippen molar-refractivity contribution in [1.82, 2.24) is 5.32 Å². The average molecular weight is 388 g/mol. The topological polar surface area (TPSA) is 92.3 Å². The first-order valence-corrected chi connectivity index (χ1v) is 10.5. The van der Waals surface area contributed by atoms with Crippen LogP contribution in [0.5, 0.6) is 0 Å². The van der Waals surface area contributed by atoms with Crippen molar-refractivity contribution in [3.63, 3.8) is 0 Å². The molecule has 0 saturated heterocycles. The van der Waals surface area contributed by atoms with Crippen LogP contribution in [0.1, 0.15) is 29.8 Å². The van der Waals surface area contributed by atoms with Crippen LogP contribution in [0.25, 0.3) is 0 Å². The van der Waals surface area contributed by atoms with Gasteiger partial charge in [0.2, 0.25) is 5.91 Å². The van der Waals surface area contributed by atoms with Crippen LogP contribution in [0.3, 0.4) is 0 Å². The summed E-state index contributed by atoms with van der Waals surface area (Å²) in [5, 5.41) is 5.43. The van der Waals surface area contributed by atoms with Gasteiger partial charge in [0, 0.05) is 17.5 Å². The van der Waals surface area contributed by atoms with E-state index in [1.54, 1.807) is 24.3 Å². The Morgan fingerprint density at radius 3 is 2.19 bits per heavy atom. The van der Waals surface area contributed by atoms with Gasteiger partial charge in [-0.25, -0.2) is 8.42 Å². The van der Waals surface area contributed by atoms with Gasteiger partial charge in [-0.2, -0.15) is 0 Å². The van der Waals surface area contributed by atoms with Gasteiger partial charge < -0.3 is 10.6 Å². The van der Waals surface area contributed by atoms with E-state index in [-0.39, 0.29) is 16.7 Å². The number of nitrogens with one attached hydrogen (secondary N) is 2. The van der Waals surface area contributed by atoms with Gasteiger partial charge in [-0.1, -0.05) is 37.6 Å². The Bertz CT molecular complexity index is 935. The fourth-order valence-corrected chi connectivity index (χ4v) is 3.16. The first kappa shape index (κ1) is 20.6. The third-order valence-corrected chi connectivity index (χ3v) is 5.19. The molecule has 0 radical (unpaired) electrons. The second-order valence-electron chi connectivity index (χ2n) is 6.85. The summed E-state index contributed by atoms with van der Waals surface area (Å²) in [4.78, 5) is 25.2. The lowest BCUT2D eigenvalue weighted by molar-refractivity contribution is -0.118. The van der Waals surface area contributed by atoms with Gasteiger partial charge in [0.05, 0.1) is 4.90 Å². The van der Waals surface area contributed by atoms with E-state index < -0.39 is 21.8 Å². The number of anilines is 1. The van der Waals surface area contributed by atoms with E-state index in [4.69, 9.17) is 0 Å². The zero-order valence-electron chi connectivity index (χ0n) is 15.8. The molecule has 0 aliphatic carbocycles. The van der Waals surface area contributed by atoms with Gasteiger partial charge >= 0.3 is 0 Å². The lowest BCUT2D eigenvalue weighted by Gasteiger charge is -2.22. The summed E-state index contributed by atoms with van der Waals surface area (Å²) >= 11 is 0. The SMILES string of the molecule is Cc1ccc(C(=O)NC(C(=O)Nc2cccc(S(C)(=O)=O)c2)C(C)C)cc1. The van der Waals surface area contributed by atoms with E-state index in [0.29, 0.717) is 11.3 Å². The standard InChI is InChI=1S/C20H24N2O4S/c1-13(2)18(22-19(23)15-10-8-14(3)9-11-15)20(24)21-16-6-5-7-17(12-16)27(4,25)26/h5-13,18H,1-4H3,(H,21,24)(H,22,23). The van der Waals surface area contributed by atoms with E-state index in [2.05, 4.69) is 10.6 Å². The molecule has 0 saturated carbocycles. The van der Waals surface area contributed by atoms with Crippen molar-refractivity contribution in [2.24, 2.45) is 5.92 Å². The number of hydrogen-bond donors (Lipinski definition) is 2. The molecule has 0 fully saturated rings. The Morgan fingerprint density at radius 2 is 1.63 bits per heavy atom. The molecule has 2 amide bonds. The molecular weight excluding hydrogens is 364 g/mol. The minimum absolute atomic E-state index is 0.116. The molecule has 0 spiro atoms. The van der Waals surface area contributed by atoms with Crippen LogP contribution in [0.15, 0.2) is 53.4 Å². The molecule has 27 heavy (non-hydrogen) atoms. The van der Waals surface area contributed by atoms with Crippen LogP contribution in [0, 0.1) is 12.8 Å². The van der Waals surface area contributed by atoms with Crippen LogP contribution >= 0.6 is 0 Å². The number of sulfone groups is 1. The van der Waals surface area contributed by atoms with Crippen LogP contribution in [-0.4, -0.2) is 32.5 Å². The molecule has 2 aromatic carbocycles. The van der Waals surface area contributed by atoms with Gasteiger partial charge in [-0.15, -0.1) is 0 Å². The first-order valence-electron chi connectivity index (χ1n) is 8.56. The summed E-state index contributed by atoms with van der Waals surface area (Å²) in [5.41, 5.74) is 1.87. The fourth-order valence-electron chi connectivity index (χ4n) is 2.49. The van der Waals surface area contributed by atoms with Gasteiger partial charge in [0.15, 0.2) is 9.84 Å². The maximum Gasteiger partial charge on any atom is 0.251 e. The molecule has 0 aromatic heterocycles. The Kier molecular flexibility index (Phi) is 6.38. The highest BCUT2D eigenvalue weighted by atomic mass is 32.2. The second kappa shape index (κ2) is 8.35. The molecule has 1 unspecified atom stereocenters. The summed E-state index contributed by atoms with van der Waals surface area (Å²) < 4.78 is 23.3. The summed E-state index contributed by atoms with van der Waals surface area (Å²) in [6.45, 7) is 5.58. The number of benzene rings is 2. The van der Waals surface area contributed by atoms with Crippen LogP contribution in [-0.2, 0) is 14.6 Å². The molecule has 0 bridgehead atoms. The van der Waals surface area contributed by atoms with Crippen LogP contribution in [0.4, 0.5) is 5.69 Å². The van der Waals surface area contributed by atoms with E-state index in [1.807, 2.05) is 32.9 Å². The number of aryl methyl sites for hydroxylation is 1. The van der Waals surface area contributed by atoms with Crippen molar-refractivity contribution in [2.75, 3.05) is 11.6 Å². The number of carbonyl (C=O) groups excluding carboxylic acids is 2. The highest BCUT2D eigenvalue weighted by molar-refractivity contribution is 7.90. The maximum absolute atomic E-state index is 12.7. The second-order valence-corrected chi connectivity index (χ2v) is 8.87. The van der Waals surface area contributed by atoms with E-state index in [1.165, 1.54) is 12.1 Å². The van der Waals surface area contributed by atoms with Crippen molar-refractivity contribution in [2.45, 2.75) is 31.7 Å². The molecule has 1 atom stereocenters. The highest BCUT2D eigenvalue weighted by Crippen LogP contribution is 2.16. The third kappa shape index (κ3) is 5.65. The number of rotatable bonds is 6. The molecule has 0 aliphatic rings. The molecule has 6 nitrogen and oxygen atoms in total. The van der Waals surface area contributed by atoms with Crippen molar-refractivity contribution in [1.29, 1.82) is 0 Å². The molecule has 7 heteroatoms. The third-order valence-electron chi connectivity index (χ3n) is 4.08. The largest absolute Gasteiger partial charge is 0.340 e. The Hall–Kier alpha value is -2.67. The summed E-state index contributed by atoms with van der Waals surface area (Å²) in [6, 6.07) is 12.3. The first-order chi connectivity index (χ1) is 12.6. The van der Waals surface area contributed by atoms with Crippen LogP contribution in [0.2, 0.25) is 0 Å². The fraction of sp³-hybridized carbons (Fsp3) is 0.300. The molecule has 2 aromatic rings. The Labute approximate surface area is 159 Å². The maximum atomic E-state index is 12.7. The van der Waals surface area contributed by atoms with Gasteiger partial charge in [0.25, 0.3) is 5.91 Å². The van der Waals surface area contributed by atoms with Crippen molar-refractivity contribution in [3.8, 4) is 0 Å². The summed E-state index contributed by atoms with van der Waals surface area (Å²) in [7, 11) is -3.38. The van der Waals surface area contributed by atoms with Crippen LogP contribution < -0.4 is 10.6 Å². The predicted octanol–water partition coefficient (Wildman–Crippen LogP) is 2.79. The zero-order valence-corrected chi connectivity index (χ0v) is 16.6. The number of amides is 2. The average Bonchev–Trinajstić information content (AvgIpc) is 2.59. The summed E-state index contributed by atoms with van der Waals surface area (Å²) in [5.74, 6) is -0.901. The zero-order chi connectivity index (χ0) is 20.2. The van der Waals surface area contributed by atoms with E-state index in [9.17, 15) is 18.0 Å². The monoisotopic (exact) mass is 388 g/mol. The molecule has 2 N–H and O–H groups in total. The van der Waals surface area contributed by atoms with Crippen molar-refractivity contribution < 1.29 is 18.0 Å². The van der Waals surface area contributed by atoms with Gasteiger partial charge in [-0.3, -0.25) is 9.59 Å². The molecule has 0 aliphatic heterocycles. The van der Waals surface area contributed by atoms with Gasteiger partial charge in [-0.05, 0) is 43.2 Å². The Morgan fingerprint density at radius 1 is 1.00 bits per heavy atom. The van der Waals surface area contributed by atoms with Crippen molar-refractivity contribution in [3.05, 3.63) is 59.7 Å². The quantitative estimate of drug-likeness (QED) is 0.796.